The molecule has 0 unspecified atom stereocenters. The topological polar surface area (TPSA) is 98.4 Å². The van der Waals surface area contributed by atoms with Crippen molar-refractivity contribution < 1.29 is 22.6 Å². The Bertz CT molecular complexity index is 1190. The van der Waals surface area contributed by atoms with E-state index < -0.39 is 17.8 Å². The number of nitrogen functional groups attached to an aromatic ring is 1. The largest absolute Gasteiger partial charge is 0.497 e. The fraction of sp³-hybridized carbons (Fsp3) is 0.500. The zero-order valence-corrected chi connectivity index (χ0v) is 21.9. The highest BCUT2D eigenvalue weighted by Crippen LogP contribution is 2.34. The molecule has 3 rings (SSSR count). The molecular weight excluding hydrogens is 485 g/mol. The summed E-state index contributed by atoms with van der Waals surface area (Å²) in [6.45, 7) is 5.38. The van der Waals surface area contributed by atoms with Gasteiger partial charge in [-0.25, -0.2) is 4.98 Å². The number of ether oxygens (including phenoxy) is 2. The summed E-state index contributed by atoms with van der Waals surface area (Å²) in [5, 5.41) is 2.69. The number of aromatic nitrogens is 3. The third-order valence-corrected chi connectivity index (χ3v) is 6.53. The molecule has 0 aliphatic carbocycles. The molecule has 0 saturated carbocycles. The first-order valence-electron chi connectivity index (χ1n) is 12.2. The van der Waals surface area contributed by atoms with Crippen LogP contribution >= 0.6 is 0 Å². The summed E-state index contributed by atoms with van der Waals surface area (Å²) in [6, 6.07) is 7.28. The van der Waals surface area contributed by atoms with Crippen LogP contribution in [0.5, 0.6) is 11.5 Å². The fourth-order valence-corrected chi connectivity index (χ4v) is 4.12. The van der Waals surface area contributed by atoms with Gasteiger partial charge in [0.2, 0.25) is 5.95 Å². The monoisotopic (exact) mass is 520 g/mol. The number of nitrogens with one attached hydrogen (secondary N) is 1. The van der Waals surface area contributed by atoms with Gasteiger partial charge in [0.25, 0.3) is 0 Å². The predicted octanol–water partition coefficient (Wildman–Crippen LogP) is 5.12. The highest BCUT2D eigenvalue weighted by molar-refractivity contribution is 5.84. The summed E-state index contributed by atoms with van der Waals surface area (Å²) >= 11 is 0. The number of pyridine rings is 1. The molecule has 0 radical (unpaired) electrons. The van der Waals surface area contributed by atoms with Crippen molar-refractivity contribution in [2.24, 2.45) is 0 Å². The van der Waals surface area contributed by atoms with E-state index in [1.54, 1.807) is 38.6 Å². The lowest BCUT2D eigenvalue weighted by molar-refractivity contribution is -0.152. The number of benzene rings is 1. The van der Waals surface area contributed by atoms with Crippen molar-refractivity contribution in [3.8, 4) is 11.5 Å². The van der Waals surface area contributed by atoms with Crippen LogP contribution in [0.3, 0.4) is 0 Å². The van der Waals surface area contributed by atoms with Crippen molar-refractivity contribution in [3.63, 3.8) is 0 Å². The Morgan fingerprint density at radius 3 is 2.54 bits per heavy atom. The smallest absolute Gasteiger partial charge is 0.403 e. The minimum absolute atomic E-state index is 0.0422. The number of rotatable bonds is 12. The molecule has 2 atom stereocenters. The van der Waals surface area contributed by atoms with Gasteiger partial charge in [-0.3, -0.25) is 4.98 Å². The molecule has 0 bridgehead atoms. The van der Waals surface area contributed by atoms with Crippen molar-refractivity contribution in [1.82, 2.24) is 20.3 Å². The number of nitrogens with two attached hydrogens (primary N) is 1. The normalized spacial score (nSPS) is 14.3. The van der Waals surface area contributed by atoms with E-state index in [4.69, 9.17) is 20.2 Å². The van der Waals surface area contributed by atoms with E-state index in [-0.39, 0.29) is 18.9 Å². The Hall–Kier alpha value is -3.34. The van der Waals surface area contributed by atoms with Crippen molar-refractivity contribution >= 4 is 22.8 Å². The van der Waals surface area contributed by atoms with E-state index in [0.29, 0.717) is 34.9 Å². The Morgan fingerprint density at radius 2 is 1.89 bits per heavy atom. The molecule has 0 spiro atoms. The Balaban J connectivity index is 2.13. The van der Waals surface area contributed by atoms with Crippen LogP contribution in [-0.4, -0.2) is 53.5 Å². The summed E-state index contributed by atoms with van der Waals surface area (Å²) in [6.07, 6.45) is -0.511. The number of anilines is 2. The third kappa shape index (κ3) is 6.71. The van der Waals surface area contributed by atoms with Crippen LogP contribution in [0.15, 0.2) is 36.5 Å². The predicted molar refractivity (Wildman–Crippen MR) is 139 cm³/mol. The molecule has 0 amide bonds. The van der Waals surface area contributed by atoms with Crippen LogP contribution in [0, 0.1) is 0 Å². The van der Waals surface area contributed by atoms with Crippen LogP contribution in [-0.2, 0) is 6.54 Å². The van der Waals surface area contributed by atoms with Gasteiger partial charge in [-0.15, -0.1) is 0 Å². The van der Waals surface area contributed by atoms with Crippen molar-refractivity contribution in [2.45, 2.75) is 64.3 Å². The second-order valence-corrected chi connectivity index (χ2v) is 9.29. The maximum Gasteiger partial charge on any atom is 0.403 e. The lowest BCUT2D eigenvalue weighted by Gasteiger charge is -2.43. The number of hydrogen-bond donors (Lipinski definition) is 2. The van der Waals surface area contributed by atoms with Gasteiger partial charge in [0, 0.05) is 24.4 Å². The molecule has 11 heteroatoms. The molecule has 0 aliphatic heterocycles. The lowest BCUT2D eigenvalue weighted by Crippen LogP contribution is -2.56. The third-order valence-electron chi connectivity index (χ3n) is 6.53. The summed E-state index contributed by atoms with van der Waals surface area (Å²) in [5.41, 5.74) is 7.26. The highest BCUT2D eigenvalue weighted by Gasteiger charge is 2.40. The molecule has 37 heavy (non-hydrogen) atoms. The van der Waals surface area contributed by atoms with Crippen molar-refractivity contribution in [2.75, 3.05) is 31.4 Å². The quantitative estimate of drug-likeness (QED) is 0.340. The van der Waals surface area contributed by atoms with E-state index in [1.807, 2.05) is 30.9 Å². The first kappa shape index (κ1) is 28.2. The number of methoxy groups -OCH3 is 2. The Morgan fingerprint density at radius 1 is 1.14 bits per heavy atom. The lowest BCUT2D eigenvalue weighted by atomic mass is 9.91. The first-order chi connectivity index (χ1) is 17.5. The molecule has 3 aromatic rings. The number of halogens is 3. The SMILES string of the molecule is CCCC[C@](C)(CN[C@@H](C)C(F)(F)F)N(Cc1ccc(OC)cc1OC)c1nc(N)c2ncccc2n1. The average Bonchev–Trinajstić information content (AvgIpc) is 2.88. The zero-order valence-electron chi connectivity index (χ0n) is 21.9. The maximum atomic E-state index is 13.4. The molecule has 2 heterocycles. The number of unbranched alkanes of at least 4 members (excludes halogenated alkanes) is 1. The Kier molecular flexibility index (Phi) is 9.01. The molecular formula is C26H35F3N6O2. The van der Waals surface area contributed by atoms with E-state index in [9.17, 15) is 13.2 Å². The molecule has 0 saturated heterocycles. The number of fused-ring (bicyclic) bond motifs is 1. The average molecular weight is 521 g/mol. The minimum atomic E-state index is -4.37. The fourth-order valence-electron chi connectivity index (χ4n) is 4.12. The molecule has 0 fully saturated rings. The van der Waals surface area contributed by atoms with Crippen LogP contribution in [0.4, 0.5) is 24.9 Å². The van der Waals surface area contributed by atoms with Gasteiger partial charge < -0.3 is 25.4 Å². The summed E-state index contributed by atoms with van der Waals surface area (Å²) in [4.78, 5) is 15.5. The molecule has 0 aliphatic rings. The molecule has 1 aromatic carbocycles. The molecule has 2 aromatic heterocycles. The van der Waals surface area contributed by atoms with Crippen LogP contribution in [0.1, 0.15) is 45.6 Å². The summed E-state index contributed by atoms with van der Waals surface area (Å²) < 4.78 is 51.1. The number of nitrogens with zero attached hydrogens (tertiary/aromatic N) is 4. The van der Waals surface area contributed by atoms with E-state index in [1.165, 1.54) is 0 Å². The Labute approximate surface area is 215 Å². The van der Waals surface area contributed by atoms with E-state index in [0.717, 1.165) is 25.3 Å². The second-order valence-electron chi connectivity index (χ2n) is 9.29. The van der Waals surface area contributed by atoms with Gasteiger partial charge in [0.15, 0.2) is 5.82 Å². The highest BCUT2D eigenvalue weighted by atomic mass is 19.4. The first-order valence-corrected chi connectivity index (χ1v) is 12.2. The second kappa shape index (κ2) is 11.8. The van der Waals surface area contributed by atoms with Gasteiger partial charge in [-0.2, -0.15) is 18.2 Å². The van der Waals surface area contributed by atoms with Crippen molar-refractivity contribution in [3.05, 3.63) is 42.1 Å². The maximum absolute atomic E-state index is 13.4. The van der Waals surface area contributed by atoms with Gasteiger partial charge in [0.1, 0.15) is 23.1 Å². The van der Waals surface area contributed by atoms with E-state index in [2.05, 4.69) is 15.3 Å². The molecule has 3 N–H and O–H groups in total. The molecule has 8 nitrogen and oxygen atoms in total. The minimum Gasteiger partial charge on any atom is -0.497 e. The van der Waals surface area contributed by atoms with Gasteiger partial charge >= 0.3 is 6.18 Å². The molecule has 202 valence electrons. The zero-order chi connectivity index (χ0) is 27.2. The van der Waals surface area contributed by atoms with Crippen LogP contribution in [0.2, 0.25) is 0 Å². The van der Waals surface area contributed by atoms with Gasteiger partial charge in [0.05, 0.1) is 31.8 Å². The number of alkyl halides is 3. The summed E-state index contributed by atoms with van der Waals surface area (Å²) in [5.74, 6) is 1.70. The van der Waals surface area contributed by atoms with Crippen LogP contribution in [0.25, 0.3) is 11.0 Å². The van der Waals surface area contributed by atoms with Crippen LogP contribution < -0.4 is 25.4 Å². The van der Waals surface area contributed by atoms with E-state index >= 15 is 0 Å². The summed E-state index contributed by atoms with van der Waals surface area (Å²) in [7, 11) is 3.12. The van der Waals surface area contributed by atoms with Gasteiger partial charge in [-0.1, -0.05) is 19.8 Å². The number of hydrogen-bond acceptors (Lipinski definition) is 8. The van der Waals surface area contributed by atoms with Gasteiger partial charge in [-0.05, 0) is 44.5 Å². The standard InChI is InChI=1S/C26H35F3N6O2/c1-6-7-12-25(3,16-32-17(2)26(27,28)29)35(15-18-10-11-19(36-4)14-21(18)37-5)24-33-20-9-8-13-31-22(20)23(30)34-24/h8-11,13-14,17,32H,6-7,12,15-16H2,1-5H3,(H2,30,33,34)/t17-,25+/m0/s1. The van der Waals surface area contributed by atoms with Crippen molar-refractivity contribution in [1.29, 1.82) is 0 Å².